The lowest BCUT2D eigenvalue weighted by atomic mass is 10.2. The molecule has 0 aromatic heterocycles. The average molecular weight is 245 g/mol. The summed E-state index contributed by atoms with van der Waals surface area (Å²) in [7, 11) is 0. The maximum Gasteiger partial charge on any atom is 0.434 e. The zero-order chi connectivity index (χ0) is 13.0. The number of aryl methyl sites for hydroxylation is 1. The lowest BCUT2D eigenvalue weighted by Crippen LogP contribution is -2.49. The van der Waals surface area contributed by atoms with Crippen LogP contribution in [0.5, 0.6) is 5.75 Å². The summed E-state index contributed by atoms with van der Waals surface area (Å²) in [6.07, 6.45) is 3.30. The van der Waals surface area contributed by atoms with E-state index in [0.717, 1.165) is 18.4 Å². The summed E-state index contributed by atoms with van der Waals surface area (Å²) in [4.78, 5) is 11.9. The number of amides is 1. The van der Waals surface area contributed by atoms with E-state index in [0.29, 0.717) is 18.8 Å². The van der Waals surface area contributed by atoms with Crippen LogP contribution in [0.4, 0.5) is 4.79 Å². The van der Waals surface area contributed by atoms with Gasteiger partial charge in [-0.25, -0.2) is 14.8 Å². The third kappa shape index (κ3) is 2.72. The molecule has 1 heterocycles. The predicted octanol–water partition coefficient (Wildman–Crippen LogP) is 2.29. The zero-order valence-electron chi connectivity index (χ0n) is 10.3. The molecular weight excluding hydrogens is 230 g/mol. The van der Waals surface area contributed by atoms with Crippen molar-refractivity contribution in [1.82, 2.24) is 10.0 Å². The minimum atomic E-state index is -0.500. The molecule has 0 atom stereocenters. The largest absolute Gasteiger partial charge is 0.434 e. The molecule has 1 amide bonds. The molecule has 94 valence electrons. The second kappa shape index (κ2) is 5.41. The molecule has 0 saturated carbocycles. The Hall–Kier alpha value is -2.22. The van der Waals surface area contributed by atoms with Gasteiger partial charge in [0.15, 0.2) is 6.19 Å². The highest BCUT2D eigenvalue weighted by molar-refractivity contribution is 5.70. The van der Waals surface area contributed by atoms with Crippen LogP contribution in [0.25, 0.3) is 0 Å². The van der Waals surface area contributed by atoms with Gasteiger partial charge in [0.05, 0.1) is 6.54 Å². The van der Waals surface area contributed by atoms with Gasteiger partial charge in [0.2, 0.25) is 0 Å². The first kappa shape index (κ1) is 12.2. The molecule has 18 heavy (non-hydrogen) atoms. The van der Waals surface area contributed by atoms with Gasteiger partial charge >= 0.3 is 6.09 Å². The number of hydrogen-bond donors (Lipinski definition) is 0. The van der Waals surface area contributed by atoms with Crippen molar-refractivity contribution in [3.05, 3.63) is 29.8 Å². The Bertz CT molecular complexity index is 464. The predicted molar refractivity (Wildman–Crippen MR) is 65.5 cm³/mol. The maximum absolute atomic E-state index is 11.9. The third-order valence-corrected chi connectivity index (χ3v) is 2.83. The minimum Gasteiger partial charge on any atom is -0.409 e. The third-order valence-electron chi connectivity index (χ3n) is 2.83. The fourth-order valence-corrected chi connectivity index (χ4v) is 1.82. The first-order valence-electron chi connectivity index (χ1n) is 5.94. The first-order valence-corrected chi connectivity index (χ1v) is 5.94. The number of nitrogens with zero attached hydrogens (tertiary/aromatic N) is 3. The van der Waals surface area contributed by atoms with Gasteiger partial charge in [-0.15, -0.1) is 0 Å². The van der Waals surface area contributed by atoms with E-state index < -0.39 is 6.09 Å². The molecule has 1 fully saturated rings. The SMILES string of the molecule is Cc1ccc(OC(=O)N2CCCCN2C#N)cc1. The number of hydrogen-bond acceptors (Lipinski definition) is 4. The molecule has 0 unspecified atom stereocenters. The van der Waals surface area contributed by atoms with Crippen molar-refractivity contribution in [2.45, 2.75) is 19.8 Å². The van der Waals surface area contributed by atoms with Gasteiger partial charge in [-0.3, -0.25) is 0 Å². The van der Waals surface area contributed by atoms with Crippen LogP contribution in [0.15, 0.2) is 24.3 Å². The summed E-state index contributed by atoms with van der Waals surface area (Å²) in [6.45, 7) is 3.06. The Labute approximate surface area is 106 Å². The second-order valence-corrected chi connectivity index (χ2v) is 4.23. The van der Waals surface area contributed by atoms with Crippen molar-refractivity contribution >= 4 is 6.09 Å². The Kier molecular flexibility index (Phi) is 3.68. The minimum absolute atomic E-state index is 0.495. The van der Waals surface area contributed by atoms with Gasteiger partial charge in [0.1, 0.15) is 5.75 Å². The molecule has 2 rings (SSSR count). The van der Waals surface area contributed by atoms with E-state index in [1.165, 1.54) is 10.0 Å². The van der Waals surface area contributed by atoms with Crippen LogP contribution >= 0.6 is 0 Å². The highest BCUT2D eigenvalue weighted by Crippen LogP contribution is 2.16. The number of carbonyl (C=O) groups is 1. The normalized spacial score (nSPS) is 15.1. The summed E-state index contributed by atoms with van der Waals surface area (Å²) in [5, 5.41) is 11.6. The van der Waals surface area contributed by atoms with Crippen LogP contribution in [0.3, 0.4) is 0 Å². The van der Waals surface area contributed by atoms with E-state index >= 15 is 0 Å². The fourth-order valence-electron chi connectivity index (χ4n) is 1.82. The molecule has 0 spiro atoms. The topological polar surface area (TPSA) is 56.6 Å². The van der Waals surface area contributed by atoms with E-state index in [1.54, 1.807) is 12.1 Å². The van der Waals surface area contributed by atoms with Crippen molar-refractivity contribution in [2.24, 2.45) is 0 Å². The number of rotatable bonds is 1. The molecule has 5 heteroatoms. The Morgan fingerprint density at radius 3 is 2.61 bits per heavy atom. The van der Waals surface area contributed by atoms with E-state index in [4.69, 9.17) is 10.00 Å². The summed E-state index contributed by atoms with van der Waals surface area (Å²) < 4.78 is 5.24. The number of ether oxygens (including phenoxy) is 1. The standard InChI is InChI=1S/C13H15N3O2/c1-11-4-6-12(7-5-11)18-13(17)16-9-3-2-8-15(16)10-14/h4-7H,2-3,8-9H2,1H3. The van der Waals surface area contributed by atoms with Crippen LogP contribution in [0, 0.1) is 18.4 Å². The molecule has 0 radical (unpaired) electrons. The van der Waals surface area contributed by atoms with Crippen LogP contribution in [-0.2, 0) is 0 Å². The summed E-state index contributed by atoms with van der Waals surface area (Å²) in [5.41, 5.74) is 1.10. The van der Waals surface area contributed by atoms with Crippen molar-refractivity contribution < 1.29 is 9.53 Å². The molecular formula is C13H15N3O2. The second-order valence-electron chi connectivity index (χ2n) is 4.23. The van der Waals surface area contributed by atoms with Crippen LogP contribution in [0.1, 0.15) is 18.4 Å². The quantitative estimate of drug-likeness (QED) is 0.712. The van der Waals surface area contributed by atoms with Gasteiger partial charge in [0.25, 0.3) is 0 Å². The van der Waals surface area contributed by atoms with Gasteiger partial charge in [-0.2, -0.15) is 5.26 Å². The Morgan fingerprint density at radius 1 is 1.28 bits per heavy atom. The van der Waals surface area contributed by atoms with Crippen molar-refractivity contribution in [2.75, 3.05) is 13.1 Å². The molecule has 1 aliphatic heterocycles. The lowest BCUT2D eigenvalue weighted by Gasteiger charge is -2.33. The highest BCUT2D eigenvalue weighted by atomic mass is 16.6. The maximum atomic E-state index is 11.9. The number of hydrazine groups is 1. The van der Waals surface area contributed by atoms with E-state index in [1.807, 2.05) is 25.2 Å². The van der Waals surface area contributed by atoms with Gasteiger partial charge in [-0.05, 0) is 31.9 Å². The molecule has 0 N–H and O–H groups in total. The Morgan fingerprint density at radius 2 is 1.94 bits per heavy atom. The number of carbonyl (C=O) groups excluding carboxylic acids is 1. The summed E-state index contributed by atoms with van der Waals surface area (Å²) in [6, 6.07) is 7.24. The number of benzene rings is 1. The van der Waals surface area contributed by atoms with Crippen LogP contribution < -0.4 is 4.74 Å². The van der Waals surface area contributed by atoms with Gasteiger partial charge in [-0.1, -0.05) is 17.7 Å². The Balaban J connectivity index is 2.02. The molecule has 1 aromatic rings. The molecule has 1 aliphatic rings. The van der Waals surface area contributed by atoms with Crippen LogP contribution in [-0.4, -0.2) is 29.2 Å². The fraction of sp³-hybridized carbons (Fsp3) is 0.385. The van der Waals surface area contributed by atoms with Crippen molar-refractivity contribution in [1.29, 1.82) is 5.26 Å². The van der Waals surface area contributed by atoms with Crippen molar-refractivity contribution in [3.8, 4) is 11.9 Å². The zero-order valence-corrected chi connectivity index (χ0v) is 10.3. The molecule has 1 aromatic carbocycles. The van der Waals surface area contributed by atoms with Gasteiger partial charge in [0, 0.05) is 6.54 Å². The summed E-state index contributed by atoms with van der Waals surface area (Å²) >= 11 is 0. The van der Waals surface area contributed by atoms with Gasteiger partial charge < -0.3 is 4.74 Å². The van der Waals surface area contributed by atoms with Crippen molar-refractivity contribution in [3.63, 3.8) is 0 Å². The van der Waals surface area contributed by atoms with E-state index in [9.17, 15) is 4.79 Å². The molecule has 0 bridgehead atoms. The number of nitriles is 1. The smallest absolute Gasteiger partial charge is 0.409 e. The highest BCUT2D eigenvalue weighted by Gasteiger charge is 2.25. The summed E-state index contributed by atoms with van der Waals surface area (Å²) in [5.74, 6) is 0.495. The van der Waals surface area contributed by atoms with Crippen LogP contribution in [0.2, 0.25) is 0 Å². The molecule has 1 saturated heterocycles. The average Bonchev–Trinajstić information content (AvgIpc) is 2.41. The first-order chi connectivity index (χ1) is 8.70. The van der Waals surface area contributed by atoms with E-state index in [2.05, 4.69) is 0 Å². The van der Waals surface area contributed by atoms with E-state index in [-0.39, 0.29) is 0 Å². The molecule has 0 aliphatic carbocycles. The monoisotopic (exact) mass is 245 g/mol. The lowest BCUT2D eigenvalue weighted by molar-refractivity contribution is 0.0177. The molecule has 5 nitrogen and oxygen atoms in total.